The maximum Gasteiger partial charge on any atom is 0.295 e. The van der Waals surface area contributed by atoms with Gasteiger partial charge in [-0.3, -0.25) is 9.59 Å². The maximum absolute atomic E-state index is 13.3. The number of Topliss-reactive ketones (excluding diaryl/α,β-unsaturated/α-hetero) is 1. The van der Waals surface area contributed by atoms with Crippen LogP contribution < -0.4 is 4.74 Å². The SMILES string of the molecule is COc1cc(C2C(=C(O)c3ccc(F)cc3)C(=O)C(=O)N2CCOCCO)ccc1O. The minimum atomic E-state index is -0.989. The number of aliphatic hydroxyl groups excluding tert-OH is 2. The first kappa shape index (κ1) is 22.3. The molecule has 0 spiro atoms. The van der Waals surface area contributed by atoms with Crippen LogP contribution in [0, 0.1) is 5.82 Å². The van der Waals surface area contributed by atoms with Gasteiger partial charge >= 0.3 is 0 Å². The third-order valence-electron chi connectivity index (χ3n) is 4.89. The van der Waals surface area contributed by atoms with Crippen molar-refractivity contribution >= 4 is 17.4 Å². The van der Waals surface area contributed by atoms with E-state index in [1.807, 2.05) is 0 Å². The molecule has 0 aliphatic carbocycles. The Morgan fingerprint density at radius 3 is 2.48 bits per heavy atom. The van der Waals surface area contributed by atoms with E-state index in [2.05, 4.69) is 0 Å². The largest absolute Gasteiger partial charge is 0.507 e. The van der Waals surface area contributed by atoms with E-state index in [1.54, 1.807) is 0 Å². The molecule has 8 nitrogen and oxygen atoms in total. The van der Waals surface area contributed by atoms with Gasteiger partial charge in [-0.1, -0.05) is 6.07 Å². The average molecular weight is 431 g/mol. The van der Waals surface area contributed by atoms with Gasteiger partial charge in [0.1, 0.15) is 11.6 Å². The smallest absolute Gasteiger partial charge is 0.295 e. The molecule has 1 heterocycles. The van der Waals surface area contributed by atoms with Crippen LogP contribution in [0.1, 0.15) is 17.2 Å². The monoisotopic (exact) mass is 431 g/mol. The molecule has 0 bridgehead atoms. The van der Waals surface area contributed by atoms with Gasteiger partial charge < -0.3 is 29.7 Å². The molecule has 1 aliphatic rings. The Bertz CT molecular complexity index is 1000. The number of nitrogens with zero attached hydrogens (tertiary/aromatic N) is 1. The molecule has 0 radical (unpaired) electrons. The summed E-state index contributed by atoms with van der Waals surface area (Å²) in [6.07, 6.45) is 0. The highest BCUT2D eigenvalue weighted by atomic mass is 19.1. The van der Waals surface area contributed by atoms with E-state index in [0.29, 0.717) is 5.56 Å². The molecule has 1 aliphatic heterocycles. The van der Waals surface area contributed by atoms with Gasteiger partial charge in [0.05, 0.1) is 38.5 Å². The summed E-state index contributed by atoms with van der Waals surface area (Å²) < 4.78 is 23.7. The molecule has 9 heteroatoms. The quantitative estimate of drug-likeness (QED) is 0.253. The average Bonchev–Trinajstić information content (AvgIpc) is 3.02. The Morgan fingerprint density at radius 1 is 1.13 bits per heavy atom. The van der Waals surface area contributed by atoms with Gasteiger partial charge in [-0.15, -0.1) is 0 Å². The zero-order valence-electron chi connectivity index (χ0n) is 16.7. The highest BCUT2D eigenvalue weighted by Gasteiger charge is 2.46. The summed E-state index contributed by atoms with van der Waals surface area (Å²) in [6.45, 7) is -0.0618. The molecule has 0 aromatic heterocycles. The minimum absolute atomic E-state index is 0.0125. The second kappa shape index (κ2) is 9.59. The van der Waals surface area contributed by atoms with Crippen LogP contribution in [0.15, 0.2) is 48.0 Å². The van der Waals surface area contributed by atoms with Crippen molar-refractivity contribution in [2.45, 2.75) is 6.04 Å². The molecule has 1 amide bonds. The molecule has 2 aromatic rings. The van der Waals surface area contributed by atoms with E-state index < -0.39 is 29.3 Å². The molecule has 1 atom stereocenters. The number of amides is 1. The van der Waals surface area contributed by atoms with Gasteiger partial charge in [0, 0.05) is 12.1 Å². The number of phenols is 1. The van der Waals surface area contributed by atoms with Crippen LogP contribution in [0.4, 0.5) is 4.39 Å². The standard InChI is InChI=1S/C22H22FNO7/c1-30-17-12-14(4-7-16(17)26)19-18(20(27)13-2-5-15(23)6-3-13)21(28)22(29)24(19)8-10-31-11-9-25/h2-7,12,19,25-27H,8-11H2,1H3. The van der Waals surface area contributed by atoms with E-state index in [0.717, 1.165) is 12.1 Å². The first-order chi connectivity index (χ1) is 14.9. The molecule has 1 fully saturated rings. The number of ketones is 1. The zero-order valence-corrected chi connectivity index (χ0v) is 16.7. The van der Waals surface area contributed by atoms with Gasteiger partial charge in [-0.05, 0) is 42.0 Å². The summed E-state index contributed by atoms with van der Waals surface area (Å²) in [5.41, 5.74) is 0.415. The number of likely N-dealkylation sites (tertiary alicyclic amines) is 1. The van der Waals surface area contributed by atoms with E-state index in [4.69, 9.17) is 14.6 Å². The highest BCUT2D eigenvalue weighted by molar-refractivity contribution is 6.46. The summed E-state index contributed by atoms with van der Waals surface area (Å²) in [5.74, 6) is -2.71. The van der Waals surface area contributed by atoms with Crippen LogP contribution in [-0.2, 0) is 14.3 Å². The first-order valence-electron chi connectivity index (χ1n) is 9.49. The lowest BCUT2D eigenvalue weighted by Crippen LogP contribution is -2.33. The molecule has 31 heavy (non-hydrogen) atoms. The van der Waals surface area contributed by atoms with E-state index in [9.17, 15) is 24.2 Å². The number of benzene rings is 2. The molecular weight excluding hydrogens is 409 g/mol. The lowest BCUT2D eigenvalue weighted by atomic mass is 9.95. The molecule has 3 rings (SSSR count). The second-order valence-corrected chi connectivity index (χ2v) is 6.77. The number of carbonyl (C=O) groups is 2. The number of methoxy groups -OCH3 is 1. The summed E-state index contributed by atoms with van der Waals surface area (Å²) in [6, 6.07) is 8.21. The van der Waals surface area contributed by atoms with E-state index in [-0.39, 0.29) is 49.0 Å². The van der Waals surface area contributed by atoms with Crippen molar-refractivity contribution in [3.63, 3.8) is 0 Å². The fraction of sp³-hybridized carbons (Fsp3) is 0.273. The first-order valence-corrected chi connectivity index (χ1v) is 9.49. The maximum atomic E-state index is 13.3. The van der Waals surface area contributed by atoms with Crippen LogP contribution in [0.3, 0.4) is 0 Å². The van der Waals surface area contributed by atoms with Crippen molar-refractivity contribution in [3.05, 3.63) is 65.0 Å². The predicted octanol–water partition coefficient (Wildman–Crippen LogP) is 1.97. The third-order valence-corrected chi connectivity index (χ3v) is 4.89. The predicted molar refractivity (Wildman–Crippen MR) is 108 cm³/mol. The van der Waals surface area contributed by atoms with Crippen molar-refractivity contribution in [1.29, 1.82) is 0 Å². The second-order valence-electron chi connectivity index (χ2n) is 6.77. The number of carbonyl (C=O) groups excluding carboxylic acids is 2. The van der Waals surface area contributed by atoms with E-state index >= 15 is 0 Å². The summed E-state index contributed by atoms with van der Waals surface area (Å²) in [7, 11) is 1.36. The molecule has 1 saturated heterocycles. The number of rotatable bonds is 8. The molecule has 3 N–H and O–H groups in total. The molecule has 1 unspecified atom stereocenters. The number of ether oxygens (including phenoxy) is 2. The Morgan fingerprint density at radius 2 is 1.84 bits per heavy atom. The number of aliphatic hydroxyl groups is 2. The van der Waals surface area contributed by atoms with Crippen molar-refractivity contribution in [2.75, 3.05) is 33.5 Å². The van der Waals surface area contributed by atoms with Gasteiger partial charge in [0.15, 0.2) is 11.5 Å². The Hall–Kier alpha value is -3.43. The highest BCUT2D eigenvalue weighted by Crippen LogP contribution is 2.41. The lowest BCUT2D eigenvalue weighted by Gasteiger charge is -2.25. The van der Waals surface area contributed by atoms with Crippen LogP contribution in [0.2, 0.25) is 0 Å². The molecule has 2 aromatic carbocycles. The van der Waals surface area contributed by atoms with Gasteiger partial charge in [-0.2, -0.15) is 0 Å². The number of aromatic hydroxyl groups is 1. The number of phenolic OH excluding ortho intramolecular Hbond substituents is 1. The van der Waals surface area contributed by atoms with Gasteiger partial charge in [0.2, 0.25) is 0 Å². The van der Waals surface area contributed by atoms with Crippen molar-refractivity contribution in [2.24, 2.45) is 0 Å². The molecule has 0 saturated carbocycles. The minimum Gasteiger partial charge on any atom is -0.507 e. The summed E-state index contributed by atoms with van der Waals surface area (Å²) >= 11 is 0. The fourth-order valence-electron chi connectivity index (χ4n) is 3.41. The lowest BCUT2D eigenvalue weighted by molar-refractivity contribution is -0.140. The Kier molecular flexibility index (Phi) is 6.88. The Labute approximate surface area is 177 Å². The normalized spacial score (nSPS) is 17.9. The van der Waals surface area contributed by atoms with Gasteiger partial charge in [0.25, 0.3) is 11.7 Å². The zero-order chi connectivity index (χ0) is 22.5. The van der Waals surface area contributed by atoms with Gasteiger partial charge in [-0.25, -0.2) is 4.39 Å². The van der Waals surface area contributed by atoms with Crippen LogP contribution >= 0.6 is 0 Å². The van der Waals surface area contributed by atoms with Crippen molar-refractivity contribution < 1.29 is 38.8 Å². The summed E-state index contributed by atoms with van der Waals surface area (Å²) in [5, 5.41) is 29.6. The molecule has 164 valence electrons. The van der Waals surface area contributed by atoms with Crippen LogP contribution in [0.5, 0.6) is 11.5 Å². The summed E-state index contributed by atoms with van der Waals surface area (Å²) in [4.78, 5) is 26.8. The van der Waals surface area contributed by atoms with Crippen LogP contribution in [0.25, 0.3) is 5.76 Å². The Balaban J connectivity index is 2.10. The number of hydrogen-bond donors (Lipinski definition) is 3. The van der Waals surface area contributed by atoms with E-state index in [1.165, 1.54) is 42.3 Å². The van der Waals surface area contributed by atoms with Crippen molar-refractivity contribution in [1.82, 2.24) is 4.90 Å². The number of hydrogen-bond acceptors (Lipinski definition) is 7. The van der Waals surface area contributed by atoms with Crippen molar-refractivity contribution in [3.8, 4) is 11.5 Å². The topological polar surface area (TPSA) is 117 Å². The fourth-order valence-corrected chi connectivity index (χ4v) is 3.41. The molecular formula is C22H22FNO7. The third kappa shape index (κ3) is 4.52. The number of halogens is 1. The van der Waals surface area contributed by atoms with Crippen LogP contribution in [-0.4, -0.2) is 65.4 Å².